The Kier molecular flexibility index (Phi) is 6.68. The number of carbonyl (C=O) groups is 1. The van der Waals surface area contributed by atoms with Crippen molar-refractivity contribution in [1.29, 1.82) is 0 Å². The van der Waals surface area contributed by atoms with E-state index in [4.69, 9.17) is 9.47 Å². The van der Waals surface area contributed by atoms with E-state index in [1.807, 2.05) is 91.9 Å². The Labute approximate surface area is 166 Å². The number of hydrogen-bond acceptors (Lipinski definition) is 4. The third-order valence-electron chi connectivity index (χ3n) is 4.60. The van der Waals surface area contributed by atoms with Gasteiger partial charge < -0.3 is 14.8 Å². The van der Waals surface area contributed by atoms with Gasteiger partial charge in [0.1, 0.15) is 11.7 Å². The Balaban J connectivity index is 2.02. The molecule has 0 radical (unpaired) electrons. The summed E-state index contributed by atoms with van der Waals surface area (Å²) in [5, 5.41) is 3.53. The van der Waals surface area contributed by atoms with Crippen LogP contribution in [0.1, 0.15) is 30.0 Å². The minimum Gasteiger partial charge on any atom is -0.497 e. The molecule has 144 valence electrons. The average Bonchev–Trinajstić information content (AvgIpc) is 2.75. The number of rotatable bonds is 8. The fraction of sp³-hybridized carbons (Fsp3) is 0.208. The monoisotopic (exact) mass is 375 g/mol. The zero-order chi connectivity index (χ0) is 19.8. The van der Waals surface area contributed by atoms with Gasteiger partial charge in [-0.1, -0.05) is 60.7 Å². The normalized spacial score (nSPS) is 12.6. The van der Waals surface area contributed by atoms with Crippen LogP contribution >= 0.6 is 0 Å². The minimum atomic E-state index is -0.481. The van der Waals surface area contributed by atoms with Crippen LogP contribution in [0.15, 0.2) is 84.9 Å². The van der Waals surface area contributed by atoms with Crippen molar-refractivity contribution in [1.82, 2.24) is 0 Å². The zero-order valence-corrected chi connectivity index (χ0v) is 16.2. The summed E-state index contributed by atoms with van der Waals surface area (Å²) in [4.78, 5) is 13.0. The Hall–Kier alpha value is -3.27. The highest BCUT2D eigenvalue weighted by Crippen LogP contribution is 2.35. The topological polar surface area (TPSA) is 47.6 Å². The van der Waals surface area contributed by atoms with Gasteiger partial charge in [0.15, 0.2) is 0 Å². The molecule has 0 aliphatic heterocycles. The van der Waals surface area contributed by atoms with Crippen LogP contribution in [0.3, 0.4) is 0 Å². The van der Waals surface area contributed by atoms with Gasteiger partial charge in [-0.3, -0.25) is 4.79 Å². The van der Waals surface area contributed by atoms with Crippen LogP contribution in [0.2, 0.25) is 0 Å². The number of anilines is 1. The predicted molar refractivity (Wildman–Crippen MR) is 112 cm³/mol. The molecule has 0 spiro atoms. The molecule has 0 heterocycles. The maximum atomic E-state index is 13.0. The first kappa shape index (κ1) is 19.5. The molecule has 0 saturated carbocycles. The van der Waals surface area contributed by atoms with E-state index in [1.165, 1.54) is 0 Å². The first-order chi connectivity index (χ1) is 13.7. The molecule has 0 amide bonds. The molecule has 2 atom stereocenters. The molecule has 28 heavy (non-hydrogen) atoms. The second kappa shape index (κ2) is 9.60. The van der Waals surface area contributed by atoms with Crippen molar-refractivity contribution in [3.8, 4) is 5.75 Å². The minimum absolute atomic E-state index is 0.247. The summed E-state index contributed by atoms with van der Waals surface area (Å²) in [6.07, 6.45) is 0. The van der Waals surface area contributed by atoms with Gasteiger partial charge in [-0.15, -0.1) is 0 Å². The standard InChI is InChI=1S/C24H25NO3/c1-3-28-24(26)22(18-10-6-4-7-11-18)23(19-12-8-5-9-13-19)25-20-14-16-21(27-2)17-15-20/h4-17,22-23,25H,3H2,1-2H3/t22-,23+/m1/s1. The van der Waals surface area contributed by atoms with Crippen LogP contribution in [0.4, 0.5) is 5.69 Å². The largest absolute Gasteiger partial charge is 0.497 e. The van der Waals surface area contributed by atoms with Crippen molar-refractivity contribution in [3.05, 3.63) is 96.1 Å². The van der Waals surface area contributed by atoms with E-state index < -0.39 is 5.92 Å². The number of ether oxygens (including phenoxy) is 2. The molecule has 4 nitrogen and oxygen atoms in total. The lowest BCUT2D eigenvalue weighted by Gasteiger charge is -2.28. The molecule has 0 aliphatic carbocycles. The quantitative estimate of drug-likeness (QED) is 0.550. The van der Waals surface area contributed by atoms with E-state index in [1.54, 1.807) is 7.11 Å². The predicted octanol–water partition coefficient (Wildman–Crippen LogP) is 5.20. The summed E-state index contributed by atoms with van der Waals surface area (Å²) in [6, 6.07) is 27.1. The van der Waals surface area contributed by atoms with Crippen molar-refractivity contribution in [2.45, 2.75) is 18.9 Å². The number of nitrogens with one attached hydrogen (secondary N) is 1. The molecule has 4 heteroatoms. The van der Waals surface area contributed by atoms with Crippen LogP contribution < -0.4 is 10.1 Å². The summed E-state index contributed by atoms with van der Waals surface area (Å²) in [6.45, 7) is 2.17. The smallest absolute Gasteiger partial charge is 0.315 e. The highest BCUT2D eigenvalue weighted by atomic mass is 16.5. The van der Waals surface area contributed by atoms with E-state index >= 15 is 0 Å². The highest BCUT2D eigenvalue weighted by molar-refractivity contribution is 5.80. The number of methoxy groups -OCH3 is 1. The summed E-state index contributed by atoms with van der Waals surface area (Å²) in [5.41, 5.74) is 2.83. The summed E-state index contributed by atoms with van der Waals surface area (Å²) >= 11 is 0. The van der Waals surface area contributed by atoms with Crippen molar-refractivity contribution < 1.29 is 14.3 Å². The van der Waals surface area contributed by atoms with Crippen molar-refractivity contribution in [3.63, 3.8) is 0 Å². The average molecular weight is 375 g/mol. The molecule has 0 unspecified atom stereocenters. The van der Waals surface area contributed by atoms with E-state index in [-0.39, 0.29) is 12.0 Å². The van der Waals surface area contributed by atoms with Crippen molar-refractivity contribution in [2.75, 3.05) is 19.0 Å². The Morgan fingerprint density at radius 2 is 1.43 bits per heavy atom. The molecule has 0 aliphatic rings. The Morgan fingerprint density at radius 1 is 0.857 bits per heavy atom. The summed E-state index contributed by atoms with van der Waals surface area (Å²) < 4.78 is 10.7. The molecule has 0 fully saturated rings. The lowest BCUT2D eigenvalue weighted by molar-refractivity contribution is -0.145. The second-order valence-electron chi connectivity index (χ2n) is 6.40. The fourth-order valence-corrected chi connectivity index (χ4v) is 3.24. The van der Waals surface area contributed by atoms with Gasteiger partial charge in [0.2, 0.25) is 0 Å². The van der Waals surface area contributed by atoms with Gasteiger partial charge >= 0.3 is 5.97 Å². The number of esters is 1. The molecular formula is C24H25NO3. The first-order valence-corrected chi connectivity index (χ1v) is 9.40. The van der Waals surface area contributed by atoms with Gasteiger partial charge in [-0.05, 0) is 42.3 Å². The molecule has 3 aromatic rings. The molecule has 0 bridgehead atoms. The first-order valence-electron chi connectivity index (χ1n) is 9.40. The molecule has 3 aromatic carbocycles. The van der Waals surface area contributed by atoms with Gasteiger partial charge in [0.05, 0.1) is 19.8 Å². The van der Waals surface area contributed by atoms with Crippen LogP contribution in [0, 0.1) is 0 Å². The van der Waals surface area contributed by atoms with Crippen molar-refractivity contribution in [2.24, 2.45) is 0 Å². The van der Waals surface area contributed by atoms with Crippen molar-refractivity contribution >= 4 is 11.7 Å². The van der Waals surface area contributed by atoms with Crippen LogP contribution in [-0.2, 0) is 9.53 Å². The highest BCUT2D eigenvalue weighted by Gasteiger charge is 2.32. The van der Waals surface area contributed by atoms with Gasteiger partial charge in [-0.2, -0.15) is 0 Å². The van der Waals surface area contributed by atoms with E-state index in [9.17, 15) is 4.79 Å². The number of hydrogen-bond donors (Lipinski definition) is 1. The molecule has 0 saturated heterocycles. The lowest BCUT2D eigenvalue weighted by atomic mass is 9.86. The van der Waals surface area contributed by atoms with Gasteiger partial charge in [0, 0.05) is 5.69 Å². The molecular weight excluding hydrogens is 350 g/mol. The van der Waals surface area contributed by atoms with Gasteiger partial charge in [0.25, 0.3) is 0 Å². The van der Waals surface area contributed by atoms with Crippen LogP contribution in [0.25, 0.3) is 0 Å². The van der Waals surface area contributed by atoms with Gasteiger partial charge in [-0.25, -0.2) is 0 Å². The maximum Gasteiger partial charge on any atom is 0.315 e. The van der Waals surface area contributed by atoms with E-state index in [0.717, 1.165) is 22.6 Å². The maximum absolute atomic E-state index is 13.0. The lowest BCUT2D eigenvalue weighted by Crippen LogP contribution is -2.27. The fourth-order valence-electron chi connectivity index (χ4n) is 3.24. The molecule has 1 N–H and O–H groups in total. The third-order valence-corrected chi connectivity index (χ3v) is 4.60. The zero-order valence-electron chi connectivity index (χ0n) is 16.2. The summed E-state index contributed by atoms with van der Waals surface area (Å²) in [7, 11) is 1.64. The summed E-state index contributed by atoms with van der Waals surface area (Å²) in [5.74, 6) is 0.0565. The van der Waals surface area contributed by atoms with Crippen LogP contribution in [0.5, 0.6) is 5.75 Å². The SMILES string of the molecule is CCOC(=O)[C@H](c1ccccc1)[C@@H](Nc1ccc(OC)cc1)c1ccccc1. The third kappa shape index (κ3) is 4.71. The Morgan fingerprint density at radius 3 is 1.96 bits per heavy atom. The van der Waals surface area contributed by atoms with E-state index in [2.05, 4.69) is 5.32 Å². The molecule has 0 aromatic heterocycles. The number of benzene rings is 3. The van der Waals surface area contributed by atoms with E-state index in [0.29, 0.717) is 6.61 Å². The number of carbonyl (C=O) groups excluding carboxylic acids is 1. The van der Waals surface area contributed by atoms with Crippen LogP contribution in [-0.4, -0.2) is 19.7 Å². The Bertz CT molecular complexity index is 863. The second-order valence-corrected chi connectivity index (χ2v) is 6.40. The molecule has 3 rings (SSSR count).